The maximum absolute atomic E-state index is 12.3. The van der Waals surface area contributed by atoms with Crippen molar-refractivity contribution in [3.63, 3.8) is 0 Å². The van der Waals surface area contributed by atoms with Crippen LogP contribution in [0.3, 0.4) is 0 Å². The highest BCUT2D eigenvalue weighted by atomic mass is 19.3. The van der Waals surface area contributed by atoms with Gasteiger partial charge in [-0.3, -0.25) is 0 Å². The summed E-state index contributed by atoms with van der Waals surface area (Å²) in [6, 6.07) is -0.0212. The minimum atomic E-state index is -2.85. The lowest BCUT2D eigenvalue weighted by atomic mass is 10.0. The lowest BCUT2D eigenvalue weighted by Crippen LogP contribution is -2.22. The first-order valence-electron chi connectivity index (χ1n) is 3.77. The van der Waals surface area contributed by atoms with E-state index in [1.165, 1.54) is 12.4 Å². The van der Waals surface area contributed by atoms with Crippen LogP contribution in [0, 0.1) is 0 Å². The van der Waals surface area contributed by atoms with Crippen LogP contribution < -0.4 is 10.2 Å². The Labute approximate surface area is 75.6 Å². The van der Waals surface area contributed by atoms with E-state index >= 15 is 0 Å². The van der Waals surface area contributed by atoms with Crippen molar-refractivity contribution >= 4 is 13.3 Å². The van der Waals surface area contributed by atoms with Gasteiger partial charge in [-0.05, 0) is 0 Å². The van der Waals surface area contributed by atoms with Crippen molar-refractivity contribution in [3.8, 4) is 6.01 Å². The maximum atomic E-state index is 12.3. The summed E-state index contributed by atoms with van der Waals surface area (Å²) in [6.45, 7) is 0.0806. The van der Waals surface area contributed by atoms with Crippen LogP contribution in [-0.4, -0.2) is 30.3 Å². The summed E-state index contributed by atoms with van der Waals surface area (Å²) in [7, 11) is 1.80. The summed E-state index contributed by atoms with van der Waals surface area (Å²) in [5.74, 6) is -2.85. The van der Waals surface area contributed by atoms with Gasteiger partial charge in [0.2, 0.25) is 0 Å². The molecule has 0 amide bonds. The standard InChI is InChI=1S/C7H9BF2N2O/c1-7(9,10)4-13-6-11-2-5(8)3-12-6/h2-3H,4,8H2,1H3. The molecule has 0 atom stereocenters. The van der Waals surface area contributed by atoms with Gasteiger partial charge in [0, 0.05) is 19.3 Å². The maximum Gasteiger partial charge on any atom is 0.316 e. The third kappa shape index (κ3) is 3.82. The van der Waals surface area contributed by atoms with Gasteiger partial charge < -0.3 is 4.74 Å². The zero-order valence-corrected chi connectivity index (χ0v) is 7.42. The topological polar surface area (TPSA) is 35.0 Å². The van der Waals surface area contributed by atoms with Crippen LogP contribution in [-0.2, 0) is 0 Å². The Morgan fingerprint density at radius 3 is 2.46 bits per heavy atom. The molecule has 0 aromatic carbocycles. The van der Waals surface area contributed by atoms with Crippen molar-refractivity contribution < 1.29 is 13.5 Å². The predicted octanol–water partition coefficient (Wildman–Crippen LogP) is -0.231. The summed E-state index contributed by atoms with van der Waals surface area (Å²) in [5, 5.41) is 0. The van der Waals surface area contributed by atoms with Crippen LogP contribution >= 0.6 is 0 Å². The monoisotopic (exact) mass is 186 g/mol. The van der Waals surface area contributed by atoms with Gasteiger partial charge in [-0.15, -0.1) is 0 Å². The Hall–Kier alpha value is -1.20. The van der Waals surface area contributed by atoms with E-state index in [1.807, 2.05) is 0 Å². The number of hydrogen-bond donors (Lipinski definition) is 0. The Kier molecular flexibility index (Phi) is 2.80. The Bertz CT molecular complexity index is 273. The predicted molar refractivity (Wildman–Crippen MR) is 46.3 cm³/mol. The quantitative estimate of drug-likeness (QED) is 0.611. The number of nitrogens with zero attached hydrogens (tertiary/aromatic N) is 2. The SMILES string of the molecule is Bc1cnc(OCC(C)(F)F)nc1. The normalized spacial score (nSPS) is 11.3. The van der Waals surface area contributed by atoms with E-state index < -0.39 is 12.5 Å². The van der Waals surface area contributed by atoms with Crippen molar-refractivity contribution in [2.24, 2.45) is 0 Å². The van der Waals surface area contributed by atoms with Crippen LogP contribution in [0.25, 0.3) is 0 Å². The minimum Gasteiger partial charge on any atom is -0.457 e. The number of rotatable bonds is 3. The van der Waals surface area contributed by atoms with Crippen molar-refractivity contribution in [2.45, 2.75) is 12.8 Å². The molecule has 0 unspecified atom stereocenters. The summed E-state index contributed by atoms with van der Waals surface area (Å²) in [4.78, 5) is 7.43. The molecule has 1 rings (SSSR count). The number of hydrogen-bond acceptors (Lipinski definition) is 3. The molecule has 13 heavy (non-hydrogen) atoms. The summed E-state index contributed by atoms with van der Waals surface area (Å²) < 4.78 is 29.3. The molecule has 1 aromatic heterocycles. The molecule has 1 aromatic rings. The first-order valence-corrected chi connectivity index (χ1v) is 3.77. The second kappa shape index (κ2) is 3.68. The lowest BCUT2D eigenvalue weighted by Gasteiger charge is -2.09. The second-order valence-electron chi connectivity index (χ2n) is 2.90. The molecule has 1 heterocycles. The van der Waals surface area contributed by atoms with Gasteiger partial charge in [0.1, 0.15) is 7.85 Å². The van der Waals surface area contributed by atoms with Gasteiger partial charge in [-0.25, -0.2) is 18.7 Å². The van der Waals surface area contributed by atoms with E-state index in [0.717, 1.165) is 12.4 Å². The smallest absolute Gasteiger partial charge is 0.316 e. The van der Waals surface area contributed by atoms with Crippen molar-refractivity contribution in [1.82, 2.24) is 9.97 Å². The molecular formula is C7H9BF2N2O. The molecule has 70 valence electrons. The van der Waals surface area contributed by atoms with E-state index in [9.17, 15) is 8.78 Å². The lowest BCUT2D eigenvalue weighted by molar-refractivity contribution is -0.0256. The molecule has 0 bridgehead atoms. The molecule has 0 aliphatic rings. The third-order valence-electron chi connectivity index (χ3n) is 1.21. The molecule has 0 saturated heterocycles. The van der Waals surface area contributed by atoms with Crippen molar-refractivity contribution in [2.75, 3.05) is 6.61 Å². The largest absolute Gasteiger partial charge is 0.457 e. The Balaban J connectivity index is 2.51. The number of alkyl halides is 2. The first kappa shape index (κ1) is 9.89. The molecule has 0 spiro atoms. The zero-order valence-electron chi connectivity index (χ0n) is 7.42. The van der Waals surface area contributed by atoms with Crippen LogP contribution in [0.2, 0.25) is 0 Å². The van der Waals surface area contributed by atoms with E-state index in [1.54, 1.807) is 7.85 Å². The fourth-order valence-corrected chi connectivity index (χ4v) is 0.647. The molecule has 3 nitrogen and oxygen atoms in total. The highest BCUT2D eigenvalue weighted by Crippen LogP contribution is 2.12. The molecule has 0 radical (unpaired) electrons. The molecule has 0 saturated carbocycles. The summed E-state index contributed by atoms with van der Waals surface area (Å²) >= 11 is 0. The molecule has 0 aliphatic carbocycles. The van der Waals surface area contributed by atoms with E-state index in [2.05, 4.69) is 14.7 Å². The first-order chi connectivity index (χ1) is 5.97. The van der Waals surface area contributed by atoms with Gasteiger partial charge >= 0.3 is 6.01 Å². The van der Waals surface area contributed by atoms with Gasteiger partial charge in [0.15, 0.2) is 6.61 Å². The minimum absolute atomic E-state index is 0.0212. The fourth-order valence-electron chi connectivity index (χ4n) is 0.647. The average molecular weight is 186 g/mol. The van der Waals surface area contributed by atoms with Crippen LogP contribution in [0.4, 0.5) is 8.78 Å². The van der Waals surface area contributed by atoms with Crippen molar-refractivity contribution in [3.05, 3.63) is 12.4 Å². The molecule has 0 N–H and O–H groups in total. The molecular weight excluding hydrogens is 177 g/mol. The highest BCUT2D eigenvalue weighted by molar-refractivity contribution is 6.31. The average Bonchev–Trinajstić information content (AvgIpc) is 2.02. The Morgan fingerprint density at radius 1 is 1.46 bits per heavy atom. The van der Waals surface area contributed by atoms with Crippen LogP contribution in [0.1, 0.15) is 6.92 Å². The van der Waals surface area contributed by atoms with Gasteiger partial charge in [-0.2, -0.15) is 0 Å². The van der Waals surface area contributed by atoms with E-state index in [-0.39, 0.29) is 6.01 Å². The van der Waals surface area contributed by atoms with E-state index in [0.29, 0.717) is 0 Å². The number of ether oxygens (including phenoxy) is 1. The summed E-state index contributed by atoms with van der Waals surface area (Å²) in [6.07, 6.45) is 3.02. The van der Waals surface area contributed by atoms with Gasteiger partial charge in [0.25, 0.3) is 5.92 Å². The second-order valence-corrected chi connectivity index (χ2v) is 2.90. The van der Waals surface area contributed by atoms with E-state index in [4.69, 9.17) is 0 Å². The molecule has 6 heteroatoms. The highest BCUT2D eigenvalue weighted by Gasteiger charge is 2.22. The fraction of sp³-hybridized carbons (Fsp3) is 0.429. The zero-order chi connectivity index (χ0) is 9.90. The Morgan fingerprint density at radius 2 is 2.00 bits per heavy atom. The van der Waals surface area contributed by atoms with Gasteiger partial charge in [-0.1, -0.05) is 5.46 Å². The van der Waals surface area contributed by atoms with Gasteiger partial charge in [0.05, 0.1) is 0 Å². The number of halogens is 2. The third-order valence-corrected chi connectivity index (χ3v) is 1.21. The van der Waals surface area contributed by atoms with Crippen molar-refractivity contribution in [1.29, 1.82) is 0 Å². The molecule has 0 aliphatic heterocycles. The molecule has 0 fully saturated rings. The van der Waals surface area contributed by atoms with Crippen LogP contribution in [0.5, 0.6) is 6.01 Å². The van der Waals surface area contributed by atoms with Crippen LogP contribution in [0.15, 0.2) is 12.4 Å². The number of aromatic nitrogens is 2. The summed E-state index contributed by atoms with van der Waals surface area (Å²) in [5.41, 5.74) is 0.857.